The highest BCUT2D eigenvalue weighted by molar-refractivity contribution is 7.92. The number of carbonyl (C=O) groups is 2. The Morgan fingerprint density at radius 1 is 1.03 bits per heavy atom. The van der Waals surface area contributed by atoms with Crippen LogP contribution in [0, 0.1) is 0 Å². The molecule has 2 amide bonds. The minimum Gasteiger partial charge on any atom is -0.494 e. The van der Waals surface area contributed by atoms with E-state index in [9.17, 15) is 18.0 Å². The van der Waals surface area contributed by atoms with Gasteiger partial charge in [0.15, 0.2) is 0 Å². The molecule has 4 rings (SSSR count). The van der Waals surface area contributed by atoms with E-state index in [0.29, 0.717) is 36.0 Å². The number of benzene rings is 3. The number of nitrogens with one attached hydrogen (secondary N) is 1. The molecule has 1 aliphatic heterocycles. The van der Waals surface area contributed by atoms with Crippen LogP contribution in [0.1, 0.15) is 30.9 Å². The van der Waals surface area contributed by atoms with E-state index < -0.39 is 22.5 Å². The average Bonchev–Trinajstić information content (AvgIpc) is 3.31. The maximum absolute atomic E-state index is 13.6. The summed E-state index contributed by atoms with van der Waals surface area (Å²) in [6, 6.07) is 19.9. The van der Waals surface area contributed by atoms with Gasteiger partial charge in [-0.15, -0.1) is 0 Å². The molecule has 0 aromatic heterocycles. The van der Waals surface area contributed by atoms with Crippen LogP contribution in [0.2, 0.25) is 5.02 Å². The normalized spacial score (nSPS) is 13.4. The molecule has 0 aliphatic carbocycles. The van der Waals surface area contributed by atoms with Gasteiger partial charge in [-0.1, -0.05) is 35.9 Å². The maximum atomic E-state index is 13.6. The first-order chi connectivity index (χ1) is 18.3. The van der Waals surface area contributed by atoms with Gasteiger partial charge in [-0.2, -0.15) is 0 Å². The Hall–Kier alpha value is -3.56. The van der Waals surface area contributed by atoms with E-state index in [-0.39, 0.29) is 17.3 Å². The number of hydrogen-bond donors (Lipinski definition) is 1. The van der Waals surface area contributed by atoms with Gasteiger partial charge in [-0.05, 0) is 73.0 Å². The Kier molecular flexibility index (Phi) is 8.91. The highest BCUT2D eigenvalue weighted by Crippen LogP contribution is 2.27. The number of halogens is 1. The summed E-state index contributed by atoms with van der Waals surface area (Å²) >= 11 is 5.96. The second-order valence-electron chi connectivity index (χ2n) is 8.86. The molecule has 0 unspecified atom stereocenters. The maximum Gasteiger partial charge on any atom is 0.264 e. The van der Waals surface area contributed by atoms with Gasteiger partial charge in [-0.3, -0.25) is 13.9 Å². The third-order valence-corrected chi connectivity index (χ3v) is 8.29. The lowest BCUT2D eigenvalue weighted by molar-refractivity contribution is -0.128. The number of likely N-dealkylation sites (tertiary alicyclic amines) is 1. The lowest BCUT2D eigenvalue weighted by atomic mass is 10.1. The minimum absolute atomic E-state index is 0.0178. The van der Waals surface area contributed by atoms with Crippen LogP contribution < -0.4 is 14.4 Å². The van der Waals surface area contributed by atoms with Crippen molar-refractivity contribution < 1.29 is 22.7 Å². The molecule has 200 valence electrons. The van der Waals surface area contributed by atoms with Gasteiger partial charge in [0.25, 0.3) is 10.0 Å². The highest BCUT2D eigenvalue weighted by Gasteiger charge is 2.27. The average molecular weight is 556 g/mol. The molecule has 1 fully saturated rings. The summed E-state index contributed by atoms with van der Waals surface area (Å²) in [7, 11) is -4.08. The lowest BCUT2D eigenvalue weighted by Crippen LogP contribution is -2.40. The van der Waals surface area contributed by atoms with Crippen LogP contribution in [0.25, 0.3) is 0 Å². The first kappa shape index (κ1) is 27.5. The largest absolute Gasteiger partial charge is 0.494 e. The van der Waals surface area contributed by atoms with Crippen LogP contribution in [-0.4, -0.2) is 44.8 Å². The fourth-order valence-corrected chi connectivity index (χ4v) is 5.81. The van der Waals surface area contributed by atoms with Crippen molar-refractivity contribution in [2.45, 2.75) is 37.8 Å². The van der Waals surface area contributed by atoms with E-state index in [1.165, 1.54) is 24.3 Å². The van der Waals surface area contributed by atoms with Crippen LogP contribution in [0.3, 0.4) is 0 Å². The summed E-state index contributed by atoms with van der Waals surface area (Å²) in [5, 5.41) is 3.25. The monoisotopic (exact) mass is 555 g/mol. The van der Waals surface area contributed by atoms with Crippen molar-refractivity contribution in [1.82, 2.24) is 10.2 Å². The first-order valence-electron chi connectivity index (χ1n) is 12.4. The smallest absolute Gasteiger partial charge is 0.264 e. The number of anilines is 1. The highest BCUT2D eigenvalue weighted by atomic mass is 35.5. The van der Waals surface area contributed by atoms with Gasteiger partial charge >= 0.3 is 0 Å². The zero-order chi connectivity index (χ0) is 27.1. The van der Waals surface area contributed by atoms with Gasteiger partial charge in [0.05, 0.1) is 17.2 Å². The number of amides is 2. The lowest BCUT2D eigenvalue weighted by Gasteiger charge is -2.24. The van der Waals surface area contributed by atoms with E-state index in [1.807, 2.05) is 36.1 Å². The molecule has 3 aromatic rings. The standard InChI is InChI=1S/C28H30ClN3O5S/c1-2-37-25-13-11-24(12-14-25)32(38(35,36)26-15-9-23(29)10-16-26)20-27(33)30-18-21-6-3-4-7-22(21)19-31-17-5-8-28(31)34/h3-4,6-7,9-16H,2,5,8,17-20H2,1H3,(H,30,33). The van der Waals surface area contributed by atoms with E-state index in [4.69, 9.17) is 16.3 Å². The molecule has 1 saturated heterocycles. The predicted octanol–water partition coefficient (Wildman–Crippen LogP) is 4.37. The molecule has 10 heteroatoms. The van der Waals surface area contributed by atoms with Crippen molar-refractivity contribution in [3.8, 4) is 5.75 Å². The number of hydrogen-bond acceptors (Lipinski definition) is 5. The molecule has 0 atom stereocenters. The van der Waals surface area contributed by atoms with Gasteiger partial charge < -0.3 is 15.0 Å². The zero-order valence-corrected chi connectivity index (χ0v) is 22.7. The van der Waals surface area contributed by atoms with Crippen molar-refractivity contribution >= 4 is 39.1 Å². The molecule has 1 N–H and O–H groups in total. The van der Waals surface area contributed by atoms with Crippen molar-refractivity contribution in [2.24, 2.45) is 0 Å². The van der Waals surface area contributed by atoms with Crippen LogP contribution in [0.4, 0.5) is 5.69 Å². The zero-order valence-electron chi connectivity index (χ0n) is 21.1. The summed E-state index contributed by atoms with van der Waals surface area (Å²) in [6.45, 7) is 3.31. The predicted molar refractivity (Wildman–Crippen MR) is 147 cm³/mol. The van der Waals surface area contributed by atoms with Crippen molar-refractivity contribution in [3.05, 3.63) is 88.9 Å². The molecule has 3 aromatic carbocycles. The molecule has 1 heterocycles. The van der Waals surface area contributed by atoms with Gasteiger partial charge in [-0.25, -0.2) is 8.42 Å². The number of carbonyl (C=O) groups excluding carboxylic acids is 2. The molecular formula is C28H30ClN3O5S. The molecule has 0 radical (unpaired) electrons. The molecule has 0 saturated carbocycles. The molecule has 0 spiro atoms. The van der Waals surface area contributed by atoms with Gasteiger partial charge in [0.1, 0.15) is 12.3 Å². The summed E-state index contributed by atoms with van der Waals surface area (Å²) in [5.74, 6) is 0.253. The van der Waals surface area contributed by atoms with Crippen LogP contribution in [0.15, 0.2) is 77.7 Å². The summed E-state index contributed by atoms with van der Waals surface area (Å²) in [4.78, 5) is 27.0. The van der Waals surface area contributed by atoms with Crippen molar-refractivity contribution in [1.29, 1.82) is 0 Å². The second kappa shape index (κ2) is 12.3. The molecule has 8 nitrogen and oxygen atoms in total. The molecule has 0 bridgehead atoms. The van der Waals surface area contributed by atoms with E-state index in [1.54, 1.807) is 24.3 Å². The number of sulfonamides is 1. The van der Waals surface area contributed by atoms with E-state index in [2.05, 4.69) is 5.32 Å². The molecule has 38 heavy (non-hydrogen) atoms. The fourth-order valence-electron chi connectivity index (χ4n) is 4.27. The first-order valence-corrected chi connectivity index (χ1v) is 14.2. The summed E-state index contributed by atoms with van der Waals surface area (Å²) in [5.41, 5.74) is 2.14. The van der Waals surface area contributed by atoms with Crippen molar-refractivity contribution in [2.75, 3.05) is 24.0 Å². The van der Waals surface area contributed by atoms with Crippen molar-refractivity contribution in [3.63, 3.8) is 0 Å². The Balaban J connectivity index is 1.52. The van der Waals surface area contributed by atoms with Crippen LogP contribution in [-0.2, 0) is 32.7 Å². The minimum atomic E-state index is -4.08. The van der Waals surface area contributed by atoms with Crippen LogP contribution in [0.5, 0.6) is 5.75 Å². The van der Waals surface area contributed by atoms with E-state index in [0.717, 1.165) is 28.4 Å². The fraction of sp³-hybridized carbons (Fsp3) is 0.286. The second-order valence-corrected chi connectivity index (χ2v) is 11.2. The summed E-state index contributed by atoms with van der Waals surface area (Å²) in [6.07, 6.45) is 1.41. The van der Waals surface area contributed by atoms with Gasteiger partial charge in [0, 0.05) is 31.1 Å². The third kappa shape index (κ3) is 6.65. The number of nitrogens with zero attached hydrogens (tertiary/aromatic N) is 2. The topological polar surface area (TPSA) is 96.0 Å². The number of ether oxygens (including phenoxy) is 1. The van der Waals surface area contributed by atoms with E-state index >= 15 is 0 Å². The van der Waals surface area contributed by atoms with Crippen LogP contribution >= 0.6 is 11.6 Å². The Labute approximate surface area is 228 Å². The molecular weight excluding hydrogens is 526 g/mol. The Morgan fingerprint density at radius 3 is 2.34 bits per heavy atom. The van der Waals surface area contributed by atoms with Gasteiger partial charge in [0.2, 0.25) is 11.8 Å². The Bertz CT molecular complexity index is 1380. The third-order valence-electron chi connectivity index (χ3n) is 6.25. The number of rotatable bonds is 11. The quantitative estimate of drug-likeness (QED) is 0.379. The summed E-state index contributed by atoms with van der Waals surface area (Å²) < 4.78 is 33.7. The SMILES string of the molecule is CCOc1ccc(N(CC(=O)NCc2ccccc2CN2CCCC2=O)S(=O)(=O)c2ccc(Cl)cc2)cc1. The molecule has 1 aliphatic rings. The Morgan fingerprint density at radius 2 is 1.71 bits per heavy atom.